The van der Waals surface area contributed by atoms with E-state index in [1.54, 1.807) is 0 Å². The van der Waals surface area contributed by atoms with Gasteiger partial charge in [-0.25, -0.2) is 0 Å². The summed E-state index contributed by atoms with van der Waals surface area (Å²) in [6, 6.07) is 1.86. The van der Waals surface area contributed by atoms with Crippen LogP contribution in [0, 0.1) is 17.2 Å². The van der Waals surface area contributed by atoms with Crippen molar-refractivity contribution >= 4 is 0 Å². The Morgan fingerprint density at radius 2 is 2.40 bits per heavy atom. The highest BCUT2D eigenvalue weighted by molar-refractivity contribution is 4.97. The molecule has 0 aromatic heterocycles. The van der Waals surface area contributed by atoms with Crippen molar-refractivity contribution in [2.45, 2.75) is 25.4 Å². The summed E-state index contributed by atoms with van der Waals surface area (Å²) in [5, 5.41) is 17.5. The summed E-state index contributed by atoms with van der Waals surface area (Å²) in [5.41, 5.74) is 0. The van der Waals surface area contributed by atoms with E-state index >= 15 is 0 Å². The summed E-state index contributed by atoms with van der Waals surface area (Å²) in [4.78, 5) is 0. The van der Waals surface area contributed by atoms with Gasteiger partial charge in [-0.3, -0.25) is 0 Å². The van der Waals surface area contributed by atoms with Crippen molar-refractivity contribution in [2.24, 2.45) is 5.92 Å². The molecule has 0 aromatic rings. The molecule has 1 aliphatic rings. The van der Waals surface area contributed by atoms with E-state index < -0.39 is 6.10 Å². The van der Waals surface area contributed by atoms with Crippen molar-refractivity contribution in [1.82, 2.24) is 0 Å². The van der Waals surface area contributed by atoms with Crippen molar-refractivity contribution in [3.05, 3.63) is 12.2 Å². The minimum atomic E-state index is -0.759. The average Bonchev–Trinajstić information content (AvgIpc) is 2.05. The van der Waals surface area contributed by atoms with Gasteiger partial charge < -0.3 is 5.11 Å². The molecule has 0 bridgehead atoms. The topological polar surface area (TPSA) is 44.0 Å². The van der Waals surface area contributed by atoms with Gasteiger partial charge in [0, 0.05) is 5.92 Å². The second-order valence-electron chi connectivity index (χ2n) is 2.62. The van der Waals surface area contributed by atoms with Gasteiger partial charge in [-0.1, -0.05) is 12.2 Å². The van der Waals surface area contributed by atoms with E-state index in [4.69, 9.17) is 10.4 Å². The molecule has 0 saturated carbocycles. The SMILES string of the molecule is N#C[C@H](O)C1CC=CCC1. The van der Waals surface area contributed by atoms with Crippen molar-refractivity contribution in [3.63, 3.8) is 0 Å². The Hall–Kier alpha value is -0.810. The average molecular weight is 137 g/mol. The minimum absolute atomic E-state index is 0.176. The number of aliphatic hydroxyl groups is 1. The van der Waals surface area contributed by atoms with Crippen LogP contribution in [0.3, 0.4) is 0 Å². The molecular formula is C8H11NO. The number of hydrogen-bond acceptors (Lipinski definition) is 2. The molecule has 1 aliphatic carbocycles. The Balaban J connectivity index is 2.43. The Bertz CT molecular complexity index is 169. The third-order valence-electron chi connectivity index (χ3n) is 1.89. The molecule has 10 heavy (non-hydrogen) atoms. The monoisotopic (exact) mass is 137 g/mol. The van der Waals surface area contributed by atoms with Crippen molar-refractivity contribution < 1.29 is 5.11 Å². The van der Waals surface area contributed by atoms with Crippen LogP contribution in [-0.4, -0.2) is 11.2 Å². The van der Waals surface area contributed by atoms with Gasteiger partial charge in [0.1, 0.15) is 6.10 Å². The fourth-order valence-corrected chi connectivity index (χ4v) is 1.21. The van der Waals surface area contributed by atoms with Crippen LogP contribution in [-0.2, 0) is 0 Å². The van der Waals surface area contributed by atoms with E-state index in [0.717, 1.165) is 19.3 Å². The van der Waals surface area contributed by atoms with Crippen LogP contribution in [0.25, 0.3) is 0 Å². The smallest absolute Gasteiger partial charge is 0.143 e. The summed E-state index contributed by atoms with van der Waals surface area (Å²) in [6.07, 6.45) is 6.18. The van der Waals surface area contributed by atoms with Crippen LogP contribution >= 0.6 is 0 Å². The number of hydrogen-bond donors (Lipinski definition) is 1. The lowest BCUT2D eigenvalue weighted by Gasteiger charge is -2.17. The lowest BCUT2D eigenvalue weighted by molar-refractivity contribution is 0.152. The highest BCUT2D eigenvalue weighted by atomic mass is 16.3. The molecule has 2 nitrogen and oxygen atoms in total. The van der Waals surface area contributed by atoms with Crippen LogP contribution in [0.2, 0.25) is 0 Å². The number of nitriles is 1. The fourth-order valence-electron chi connectivity index (χ4n) is 1.21. The maximum atomic E-state index is 9.09. The predicted molar refractivity (Wildman–Crippen MR) is 38.1 cm³/mol. The Morgan fingerprint density at radius 1 is 1.60 bits per heavy atom. The van der Waals surface area contributed by atoms with E-state index in [0.29, 0.717) is 0 Å². The molecule has 0 heterocycles. The first kappa shape index (κ1) is 7.30. The molecule has 1 N–H and O–H groups in total. The van der Waals surface area contributed by atoms with E-state index in [1.165, 1.54) is 0 Å². The molecule has 1 rings (SSSR count). The number of aliphatic hydroxyl groups excluding tert-OH is 1. The maximum Gasteiger partial charge on any atom is 0.143 e. The first-order chi connectivity index (χ1) is 4.84. The van der Waals surface area contributed by atoms with Gasteiger partial charge in [0.25, 0.3) is 0 Å². The van der Waals surface area contributed by atoms with Crippen LogP contribution in [0.5, 0.6) is 0 Å². The van der Waals surface area contributed by atoms with Gasteiger partial charge in [0.2, 0.25) is 0 Å². The van der Waals surface area contributed by atoms with E-state index in [1.807, 2.05) is 12.1 Å². The van der Waals surface area contributed by atoms with Crippen molar-refractivity contribution in [2.75, 3.05) is 0 Å². The molecule has 0 amide bonds. The van der Waals surface area contributed by atoms with E-state index in [9.17, 15) is 0 Å². The van der Waals surface area contributed by atoms with Gasteiger partial charge in [-0.15, -0.1) is 0 Å². The predicted octanol–water partition coefficient (Wildman–Crippen LogP) is 1.23. The van der Waals surface area contributed by atoms with Gasteiger partial charge in [0.15, 0.2) is 0 Å². The Labute approximate surface area is 60.8 Å². The van der Waals surface area contributed by atoms with Gasteiger partial charge in [0.05, 0.1) is 6.07 Å². The van der Waals surface area contributed by atoms with Crippen molar-refractivity contribution in [1.29, 1.82) is 5.26 Å². The van der Waals surface area contributed by atoms with Crippen LogP contribution in [0.4, 0.5) is 0 Å². The molecular weight excluding hydrogens is 126 g/mol. The van der Waals surface area contributed by atoms with Crippen LogP contribution < -0.4 is 0 Å². The summed E-state index contributed by atoms with van der Waals surface area (Å²) < 4.78 is 0. The Morgan fingerprint density at radius 3 is 2.90 bits per heavy atom. The number of rotatable bonds is 1. The zero-order valence-electron chi connectivity index (χ0n) is 5.83. The highest BCUT2D eigenvalue weighted by Crippen LogP contribution is 2.20. The minimum Gasteiger partial charge on any atom is -0.378 e. The summed E-state index contributed by atoms with van der Waals surface area (Å²) in [7, 11) is 0. The quantitative estimate of drug-likeness (QED) is 0.436. The fraction of sp³-hybridized carbons (Fsp3) is 0.625. The van der Waals surface area contributed by atoms with E-state index in [2.05, 4.69) is 6.08 Å². The van der Waals surface area contributed by atoms with Gasteiger partial charge in [-0.2, -0.15) is 5.26 Å². The molecule has 1 unspecified atom stereocenters. The maximum absolute atomic E-state index is 9.09. The second-order valence-corrected chi connectivity index (χ2v) is 2.62. The van der Waals surface area contributed by atoms with Crippen LogP contribution in [0.15, 0.2) is 12.2 Å². The lowest BCUT2D eigenvalue weighted by atomic mass is 9.90. The normalized spacial score (nSPS) is 27.4. The third-order valence-corrected chi connectivity index (χ3v) is 1.89. The number of nitrogens with zero attached hydrogens (tertiary/aromatic N) is 1. The third kappa shape index (κ3) is 1.58. The zero-order valence-corrected chi connectivity index (χ0v) is 5.83. The Kier molecular flexibility index (Phi) is 2.47. The van der Waals surface area contributed by atoms with Crippen molar-refractivity contribution in [3.8, 4) is 6.07 Å². The summed E-state index contributed by atoms with van der Waals surface area (Å²) >= 11 is 0. The van der Waals surface area contributed by atoms with Gasteiger partial charge >= 0.3 is 0 Å². The van der Waals surface area contributed by atoms with E-state index in [-0.39, 0.29) is 5.92 Å². The molecule has 0 fully saturated rings. The molecule has 2 heteroatoms. The number of allylic oxidation sites excluding steroid dienone is 2. The molecule has 54 valence electrons. The highest BCUT2D eigenvalue weighted by Gasteiger charge is 2.17. The molecule has 0 aliphatic heterocycles. The van der Waals surface area contributed by atoms with Gasteiger partial charge in [-0.05, 0) is 19.3 Å². The zero-order chi connectivity index (χ0) is 7.40. The standard InChI is InChI=1S/C8H11NO/c9-6-8(10)7-4-2-1-3-5-7/h1-2,7-8,10H,3-5H2/t7?,8-/m0/s1. The molecule has 0 aromatic carbocycles. The molecule has 0 radical (unpaired) electrons. The molecule has 0 saturated heterocycles. The summed E-state index contributed by atoms with van der Waals surface area (Å²) in [6.45, 7) is 0. The molecule has 2 atom stereocenters. The van der Waals surface area contributed by atoms with Crippen LogP contribution in [0.1, 0.15) is 19.3 Å². The lowest BCUT2D eigenvalue weighted by Crippen LogP contribution is -2.18. The summed E-state index contributed by atoms with van der Waals surface area (Å²) in [5.74, 6) is 0.176. The first-order valence-electron chi connectivity index (χ1n) is 3.57. The first-order valence-corrected chi connectivity index (χ1v) is 3.57. The second kappa shape index (κ2) is 3.38. The largest absolute Gasteiger partial charge is 0.378 e. The molecule has 0 spiro atoms.